The van der Waals surface area contributed by atoms with Crippen molar-refractivity contribution in [3.05, 3.63) is 36.0 Å². The second-order valence-electron chi connectivity index (χ2n) is 3.65. The molecule has 0 saturated carbocycles. The van der Waals surface area contributed by atoms with Gasteiger partial charge >= 0.3 is 0 Å². The standard InChI is InChI=1S/C13H14N2O2/c1-3-17-12-6-4-10(5-7-12)13-8-11(9-16)15(2)14-13/h4-9H,3H2,1-2H3. The Morgan fingerprint density at radius 2 is 2.06 bits per heavy atom. The van der Waals surface area contributed by atoms with Crippen molar-refractivity contribution in [1.29, 1.82) is 0 Å². The number of hydrogen-bond donors (Lipinski definition) is 0. The van der Waals surface area contributed by atoms with E-state index in [0.29, 0.717) is 12.3 Å². The zero-order chi connectivity index (χ0) is 12.3. The average Bonchev–Trinajstić information content (AvgIpc) is 2.72. The molecular weight excluding hydrogens is 216 g/mol. The molecule has 0 aliphatic carbocycles. The van der Waals surface area contributed by atoms with Gasteiger partial charge in [0.15, 0.2) is 6.29 Å². The molecule has 4 heteroatoms. The van der Waals surface area contributed by atoms with E-state index in [1.165, 1.54) is 0 Å². The number of carbonyl (C=O) groups is 1. The fourth-order valence-electron chi connectivity index (χ4n) is 1.62. The Morgan fingerprint density at radius 3 is 2.59 bits per heavy atom. The lowest BCUT2D eigenvalue weighted by Crippen LogP contribution is -1.95. The minimum Gasteiger partial charge on any atom is -0.494 e. The predicted molar refractivity (Wildman–Crippen MR) is 65.2 cm³/mol. The molecule has 88 valence electrons. The Balaban J connectivity index is 2.29. The maximum atomic E-state index is 10.7. The van der Waals surface area contributed by atoms with Crippen LogP contribution in [0.3, 0.4) is 0 Å². The van der Waals surface area contributed by atoms with Crippen LogP contribution >= 0.6 is 0 Å². The second-order valence-corrected chi connectivity index (χ2v) is 3.65. The highest BCUT2D eigenvalue weighted by molar-refractivity contribution is 5.75. The van der Waals surface area contributed by atoms with Gasteiger partial charge in [-0.05, 0) is 37.3 Å². The molecule has 0 bridgehead atoms. The molecule has 1 aromatic carbocycles. The number of hydrogen-bond acceptors (Lipinski definition) is 3. The molecule has 0 saturated heterocycles. The molecule has 0 spiro atoms. The smallest absolute Gasteiger partial charge is 0.168 e. The predicted octanol–water partition coefficient (Wildman–Crippen LogP) is 2.30. The zero-order valence-electron chi connectivity index (χ0n) is 9.88. The lowest BCUT2D eigenvalue weighted by Gasteiger charge is -2.02. The van der Waals surface area contributed by atoms with Crippen molar-refractivity contribution < 1.29 is 9.53 Å². The summed E-state index contributed by atoms with van der Waals surface area (Å²) in [4.78, 5) is 10.7. The van der Waals surface area contributed by atoms with E-state index in [4.69, 9.17) is 4.74 Å². The number of rotatable bonds is 4. The summed E-state index contributed by atoms with van der Waals surface area (Å²) in [5.74, 6) is 0.836. The minimum atomic E-state index is 0.564. The Kier molecular flexibility index (Phi) is 3.23. The van der Waals surface area contributed by atoms with Crippen LogP contribution < -0.4 is 4.74 Å². The molecule has 2 rings (SSSR count). The van der Waals surface area contributed by atoms with Gasteiger partial charge in [-0.15, -0.1) is 0 Å². The van der Waals surface area contributed by atoms with Crippen LogP contribution in [0.2, 0.25) is 0 Å². The van der Waals surface area contributed by atoms with Crippen molar-refractivity contribution in [1.82, 2.24) is 9.78 Å². The van der Waals surface area contributed by atoms with Crippen molar-refractivity contribution in [3.63, 3.8) is 0 Å². The fourth-order valence-corrected chi connectivity index (χ4v) is 1.62. The molecule has 0 unspecified atom stereocenters. The number of aryl methyl sites for hydroxylation is 1. The van der Waals surface area contributed by atoms with Crippen LogP contribution in [-0.2, 0) is 7.05 Å². The Bertz CT molecular complexity index is 515. The molecule has 0 fully saturated rings. The summed E-state index contributed by atoms with van der Waals surface area (Å²) >= 11 is 0. The van der Waals surface area contributed by atoms with Gasteiger partial charge in [-0.1, -0.05) is 0 Å². The van der Waals surface area contributed by atoms with E-state index in [9.17, 15) is 4.79 Å². The third-order valence-corrected chi connectivity index (χ3v) is 2.50. The molecule has 0 amide bonds. The molecule has 0 N–H and O–H groups in total. The summed E-state index contributed by atoms with van der Waals surface area (Å²) in [7, 11) is 1.75. The SMILES string of the molecule is CCOc1ccc(-c2cc(C=O)n(C)n2)cc1. The van der Waals surface area contributed by atoms with Crippen LogP contribution in [0.25, 0.3) is 11.3 Å². The summed E-state index contributed by atoms with van der Waals surface area (Å²) in [5, 5.41) is 4.27. The Hall–Kier alpha value is -2.10. The van der Waals surface area contributed by atoms with Gasteiger partial charge in [0, 0.05) is 12.6 Å². The van der Waals surface area contributed by atoms with E-state index < -0.39 is 0 Å². The topological polar surface area (TPSA) is 44.1 Å². The van der Waals surface area contributed by atoms with E-state index in [0.717, 1.165) is 23.3 Å². The molecule has 0 atom stereocenters. The first kappa shape index (κ1) is 11.4. The third-order valence-electron chi connectivity index (χ3n) is 2.50. The van der Waals surface area contributed by atoms with Gasteiger partial charge < -0.3 is 4.74 Å². The molecular formula is C13H14N2O2. The average molecular weight is 230 g/mol. The minimum absolute atomic E-state index is 0.564. The van der Waals surface area contributed by atoms with Crippen molar-refractivity contribution in [3.8, 4) is 17.0 Å². The maximum absolute atomic E-state index is 10.7. The van der Waals surface area contributed by atoms with Gasteiger partial charge in [-0.3, -0.25) is 9.48 Å². The van der Waals surface area contributed by atoms with Gasteiger partial charge in [0.1, 0.15) is 11.4 Å². The van der Waals surface area contributed by atoms with Gasteiger partial charge in [-0.25, -0.2) is 0 Å². The van der Waals surface area contributed by atoms with E-state index in [1.54, 1.807) is 17.8 Å². The van der Waals surface area contributed by atoms with E-state index in [2.05, 4.69) is 5.10 Å². The lowest BCUT2D eigenvalue weighted by molar-refractivity contribution is 0.111. The molecule has 0 radical (unpaired) electrons. The van der Waals surface area contributed by atoms with Crippen molar-refractivity contribution >= 4 is 6.29 Å². The van der Waals surface area contributed by atoms with Crippen LogP contribution in [0.1, 0.15) is 17.4 Å². The fraction of sp³-hybridized carbons (Fsp3) is 0.231. The molecule has 2 aromatic rings. The van der Waals surface area contributed by atoms with E-state index >= 15 is 0 Å². The van der Waals surface area contributed by atoms with Crippen LogP contribution in [0.15, 0.2) is 30.3 Å². The lowest BCUT2D eigenvalue weighted by atomic mass is 10.1. The van der Waals surface area contributed by atoms with Gasteiger partial charge in [0.2, 0.25) is 0 Å². The van der Waals surface area contributed by atoms with Crippen molar-refractivity contribution in [2.24, 2.45) is 7.05 Å². The highest BCUT2D eigenvalue weighted by Gasteiger charge is 2.06. The number of carbonyl (C=O) groups excluding carboxylic acids is 1. The van der Waals surface area contributed by atoms with Gasteiger partial charge in [-0.2, -0.15) is 5.10 Å². The number of aromatic nitrogens is 2. The van der Waals surface area contributed by atoms with Crippen LogP contribution in [-0.4, -0.2) is 22.7 Å². The molecule has 4 nitrogen and oxygen atoms in total. The summed E-state index contributed by atoms with van der Waals surface area (Å²) in [6.07, 6.45) is 0.797. The van der Waals surface area contributed by atoms with Gasteiger partial charge in [0.25, 0.3) is 0 Å². The number of aldehydes is 1. The molecule has 0 aliphatic rings. The second kappa shape index (κ2) is 4.82. The third kappa shape index (κ3) is 2.36. The van der Waals surface area contributed by atoms with Crippen LogP contribution in [0, 0.1) is 0 Å². The summed E-state index contributed by atoms with van der Waals surface area (Å²) in [6.45, 7) is 2.60. The molecule has 17 heavy (non-hydrogen) atoms. The quantitative estimate of drug-likeness (QED) is 0.757. The van der Waals surface area contributed by atoms with Crippen LogP contribution in [0.4, 0.5) is 0 Å². The maximum Gasteiger partial charge on any atom is 0.168 e. The van der Waals surface area contributed by atoms with Crippen molar-refractivity contribution in [2.45, 2.75) is 6.92 Å². The summed E-state index contributed by atoms with van der Waals surface area (Å²) in [6, 6.07) is 9.43. The first-order valence-corrected chi connectivity index (χ1v) is 5.47. The van der Waals surface area contributed by atoms with Crippen LogP contribution in [0.5, 0.6) is 5.75 Å². The number of ether oxygens (including phenoxy) is 1. The van der Waals surface area contributed by atoms with Gasteiger partial charge in [0.05, 0.1) is 12.3 Å². The molecule has 1 aromatic heterocycles. The first-order chi connectivity index (χ1) is 8.24. The van der Waals surface area contributed by atoms with E-state index in [1.807, 2.05) is 31.2 Å². The number of benzene rings is 1. The Morgan fingerprint density at radius 1 is 1.35 bits per heavy atom. The molecule has 1 heterocycles. The molecule has 0 aliphatic heterocycles. The first-order valence-electron chi connectivity index (χ1n) is 5.47. The highest BCUT2D eigenvalue weighted by atomic mass is 16.5. The van der Waals surface area contributed by atoms with Crippen molar-refractivity contribution in [2.75, 3.05) is 6.61 Å². The Labute approximate surface area is 99.8 Å². The number of nitrogens with zero attached hydrogens (tertiary/aromatic N) is 2. The summed E-state index contributed by atoms with van der Waals surface area (Å²) < 4.78 is 6.93. The highest BCUT2D eigenvalue weighted by Crippen LogP contribution is 2.21. The van der Waals surface area contributed by atoms with E-state index in [-0.39, 0.29) is 0 Å². The normalized spacial score (nSPS) is 10.2. The largest absolute Gasteiger partial charge is 0.494 e. The monoisotopic (exact) mass is 230 g/mol. The zero-order valence-corrected chi connectivity index (χ0v) is 9.88. The summed E-state index contributed by atoms with van der Waals surface area (Å²) in [5.41, 5.74) is 2.32.